The average molecular weight is 438 g/mol. The highest BCUT2D eigenvalue weighted by Crippen LogP contribution is 2.28. The summed E-state index contributed by atoms with van der Waals surface area (Å²) in [6.45, 7) is 3.41. The van der Waals surface area contributed by atoms with E-state index in [4.69, 9.17) is 17.3 Å². The van der Waals surface area contributed by atoms with Gasteiger partial charge in [0.15, 0.2) is 17.0 Å². The van der Waals surface area contributed by atoms with Crippen LogP contribution in [-0.4, -0.2) is 37.2 Å². The summed E-state index contributed by atoms with van der Waals surface area (Å²) >= 11 is 6.03. The van der Waals surface area contributed by atoms with E-state index in [1.54, 1.807) is 24.5 Å². The Bertz CT molecular complexity index is 1180. The lowest BCUT2D eigenvalue weighted by molar-refractivity contribution is 0.469. The van der Waals surface area contributed by atoms with E-state index in [0.29, 0.717) is 53.2 Å². The summed E-state index contributed by atoms with van der Waals surface area (Å²) in [5, 5.41) is 16.9. The topological polar surface area (TPSA) is 114 Å². The summed E-state index contributed by atoms with van der Waals surface area (Å²) in [5.74, 6) is 1.06. The molecule has 2 heterocycles. The van der Waals surface area contributed by atoms with E-state index >= 15 is 0 Å². The number of halogens is 1. The van der Waals surface area contributed by atoms with Crippen molar-refractivity contribution in [3.8, 4) is 5.75 Å². The normalized spacial score (nSPS) is 12.1. The number of hydrogen-bond acceptors (Lipinski definition) is 7. The van der Waals surface area contributed by atoms with E-state index in [9.17, 15) is 5.11 Å². The van der Waals surface area contributed by atoms with Crippen molar-refractivity contribution in [1.82, 2.24) is 19.5 Å². The second-order valence-corrected chi connectivity index (χ2v) is 7.79. The summed E-state index contributed by atoms with van der Waals surface area (Å²) < 4.78 is 1.98. The molecule has 1 unspecified atom stereocenters. The minimum absolute atomic E-state index is 0.0478. The van der Waals surface area contributed by atoms with Crippen molar-refractivity contribution in [2.45, 2.75) is 26.1 Å². The Morgan fingerprint density at radius 1 is 1.10 bits per heavy atom. The van der Waals surface area contributed by atoms with Gasteiger partial charge in [-0.05, 0) is 18.6 Å². The van der Waals surface area contributed by atoms with Gasteiger partial charge in [-0.3, -0.25) is 0 Å². The predicted octanol–water partition coefficient (Wildman–Crippen LogP) is 3.60. The zero-order valence-corrected chi connectivity index (χ0v) is 17.8. The highest BCUT2D eigenvalue weighted by molar-refractivity contribution is 6.32. The van der Waals surface area contributed by atoms with Gasteiger partial charge in [0.25, 0.3) is 0 Å². The van der Waals surface area contributed by atoms with Crippen molar-refractivity contribution in [3.05, 3.63) is 71.0 Å². The number of hydrogen-bond donors (Lipinski definition) is 4. The molecule has 0 aliphatic carbocycles. The molecule has 0 aliphatic rings. The largest absolute Gasteiger partial charge is 0.506 e. The molecule has 0 amide bonds. The van der Waals surface area contributed by atoms with Gasteiger partial charge in [0, 0.05) is 24.7 Å². The highest BCUT2D eigenvalue weighted by atomic mass is 35.5. The predicted molar refractivity (Wildman–Crippen MR) is 123 cm³/mol. The average Bonchev–Trinajstić information content (AvgIpc) is 3.16. The zero-order chi connectivity index (χ0) is 21.8. The first-order valence-electron chi connectivity index (χ1n) is 9.97. The third-order valence-electron chi connectivity index (χ3n) is 4.76. The number of nitrogens with zero attached hydrogens (tertiary/aromatic N) is 4. The van der Waals surface area contributed by atoms with E-state index in [2.05, 4.69) is 37.7 Å². The molecule has 2 aromatic carbocycles. The summed E-state index contributed by atoms with van der Waals surface area (Å²) in [6.07, 6.45) is 1.75. The maximum atomic E-state index is 10.2. The van der Waals surface area contributed by atoms with Gasteiger partial charge < -0.3 is 26.0 Å². The molecular formula is C22H24ClN7O. The fraction of sp³-hybridized carbons (Fsp3) is 0.227. The quantitative estimate of drug-likeness (QED) is 0.333. The van der Waals surface area contributed by atoms with E-state index in [1.165, 1.54) is 0 Å². The molecule has 0 radical (unpaired) electrons. The molecule has 0 saturated heterocycles. The SMILES string of the molecule is CC(N)CNc1nc(NCc2cccc(Cl)c2O)c2ncn(Cc3ccccc3)c2n1. The fourth-order valence-electron chi connectivity index (χ4n) is 3.18. The van der Waals surface area contributed by atoms with Gasteiger partial charge in [0.2, 0.25) is 5.95 Å². The molecule has 0 fully saturated rings. The molecule has 0 spiro atoms. The first-order valence-corrected chi connectivity index (χ1v) is 10.4. The summed E-state index contributed by atoms with van der Waals surface area (Å²) in [4.78, 5) is 13.8. The lowest BCUT2D eigenvalue weighted by Crippen LogP contribution is -2.26. The van der Waals surface area contributed by atoms with E-state index < -0.39 is 0 Å². The maximum absolute atomic E-state index is 10.2. The highest BCUT2D eigenvalue weighted by Gasteiger charge is 2.15. The standard InChI is InChI=1S/C22H24ClN7O/c1-14(24)10-26-22-28-20(25-11-16-8-5-9-17(23)19(16)31)18-21(29-22)30(13-27-18)12-15-6-3-2-4-7-15/h2-9,13-14,31H,10-12,24H2,1H3,(H2,25,26,28,29). The number of aromatic hydroxyl groups is 1. The molecule has 2 aromatic heterocycles. The third kappa shape index (κ3) is 4.87. The number of aromatic nitrogens is 4. The van der Waals surface area contributed by atoms with Crippen LogP contribution >= 0.6 is 11.6 Å². The van der Waals surface area contributed by atoms with Crippen molar-refractivity contribution in [2.75, 3.05) is 17.2 Å². The lowest BCUT2D eigenvalue weighted by Gasteiger charge is -2.12. The summed E-state index contributed by atoms with van der Waals surface area (Å²) in [6, 6.07) is 15.3. The Kier molecular flexibility index (Phi) is 6.20. The second-order valence-electron chi connectivity index (χ2n) is 7.39. The van der Waals surface area contributed by atoms with Crippen LogP contribution in [0.2, 0.25) is 5.02 Å². The van der Waals surface area contributed by atoms with Gasteiger partial charge in [-0.15, -0.1) is 0 Å². The van der Waals surface area contributed by atoms with Crippen molar-refractivity contribution in [1.29, 1.82) is 0 Å². The van der Waals surface area contributed by atoms with Crippen LogP contribution in [0.5, 0.6) is 5.75 Å². The van der Waals surface area contributed by atoms with Crippen LogP contribution in [0.1, 0.15) is 18.1 Å². The van der Waals surface area contributed by atoms with Crippen molar-refractivity contribution in [3.63, 3.8) is 0 Å². The van der Waals surface area contributed by atoms with Gasteiger partial charge in [-0.2, -0.15) is 9.97 Å². The number of phenols is 1. The number of fused-ring (bicyclic) bond motifs is 1. The number of anilines is 2. The van der Waals surface area contributed by atoms with Crippen LogP contribution in [0.3, 0.4) is 0 Å². The molecule has 8 nitrogen and oxygen atoms in total. The molecular weight excluding hydrogens is 414 g/mol. The van der Waals surface area contributed by atoms with Gasteiger partial charge in [-0.25, -0.2) is 4.98 Å². The van der Waals surface area contributed by atoms with Crippen LogP contribution in [0.4, 0.5) is 11.8 Å². The molecule has 160 valence electrons. The monoisotopic (exact) mass is 437 g/mol. The van der Waals surface area contributed by atoms with Crippen LogP contribution in [0, 0.1) is 0 Å². The molecule has 31 heavy (non-hydrogen) atoms. The second kappa shape index (κ2) is 9.20. The van der Waals surface area contributed by atoms with Crippen molar-refractivity contribution >= 4 is 34.5 Å². The maximum Gasteiger partial charge on any atom is 0.226 e. The molecule has 9 heteroatoms. The number of rotatable bonds is 8. The number of imidazole rings is 1. The molecule has 0 bridgehead atoms. The number of phenolic OH excluding ortho intramolecular Hbond substituents is 1. The third-order valence-corrected chi connectivity index (χ3v) is 5.06. The molecule has 4 aromatic rings. The molecule has 0 saturated carbocycles. The molecule has 0 aliphatic heterocycles. The molecule has 1 atom stereocenters. The van der Waals surface area contributed by atoms with E-state index in [-0.39, 0.29) is 11.8 Å². The van der Waals surface area contributed by atoms with Gasteiger partial charge in [0.05, 0.1) is 17.9 Å². The van der Waals surface area contributed by atoms with Crippen molar-refractivity contribution in [2.24, 2.45) is 5.73 Å². The minimum atomic E-state index is -0.0478. The first-order chi connectivity index (χ1) is 15.0. The first kappa shape index (κ1) is 20.9. The zero-order valence-electron chi connectivity index (χ0n) is 17.1. The molecule has 4 rings (SSSR count). The Morgan fingerprint density at radius 3 is 2.68 bits per heavy atom. The molecule has 5 N–H and O–H groups in total. The number of nitrogens with two attached hydrogens (primary N) is 1. The van der Waals surface area contributed by atoms with E-state index in [0.717, 1.165) is 5.56 Å². The van der Waals surface area contributed by atoms with Crippen LogP contribution < -0.4 is 16.4 Å². The van der Waals surface area contributed by atoms with Crippen LogP contribution in [0.25, 0.3) is 11.2 Å². The summed E-state index contributed by atoms with van der Waals surface area (Å²) in [7, 11) is 0. The Balaban J connectivity index is 1.67. The Hall–Kier alpha value is -3.36. The smallest absolute Gasteiger partial charge is 0.226 e. The number of benzene rings is 2. The van der Waals surface area contributed by atoms with Crippen LogP contribution in [0.15, 0.2) is 54.9 Å². The summed E-state index contributed by atoms with van der Waals surface area (Å²) in [5.41, 5.74) is 9.02. The van der Waals surface area contributed by atoms with Gasteiger partial charge >= 0.3 is 0 Å². The fourth-order valence-corrected chi connectivity index (χ4v) is 3.37. The number of nitrogens with one attached hydrogen (secondary N) is 2. The number of para-hydroxylation sites is 1. The van der Waals surface area contributed by atoms with Crippen LogP contribution in [-0.2, 0) is 13.1 Å². The van der Waals surface area contributed by atoms with Crippen molar-refractivity contribution < 1.29 is 5.11 Å². The minimum Gasteiger partial charge on any atom is -0.506 e. The van der Waals surface area contributed by atoms with Gasteiger partial charge in [-0.1, -0.05) is 54.1 Å². The lowest BCUT2D eigenvalue weighted by atomic mass is 10.2. The van der Waals surface area contributed by atoms with E-state index in [1.807, 2.05) is 29.7 Å². The Morgan fingerprint density at radius 2 is 1.90 bits per heavy atom. The Labute approximate surface area is 185 Å². The van der Waals surface area contributed by atoms with Gasteiger partial charge in [0.1, 0.15) is 5.75 Å².